The molecule has 2 aromatic rings. The van der Waals surface area contributed by atoms with Crippen molar-refractivity contribution in [3.05, 3.63) is 69.6 Å². The lowest BCUT2D eigenvalue weighted by atomic mass is 9.90. The Kier molecular flexibility index (Phi) is 5.88. The number of hydrogen-bond acceptors (Lipinski definition) is 4. The Morgan fingerprint density at radius 3 is 2.19 bits per heavy atom. The molecule has 1 amide bonds. The van der Waals surface area contributed by atoms with Crippen LogP contribution in [-0.4, -0.2) is 43.6 Å². The maximum Gasteiger partial charge on any atom is 0.251 e. The zero-order valence-electron chi connectivity index (χ0n) is 17.9. The molecule has 0 radical (unpaired) electrons. The van der Waals surface area contributed by atoms with Crippen LogP contribution in [0.4, 0.5) is 0 Å². The monoisotopic (exact) mass is 440 g/mol. The topological polar surface area (TPSA) is 87.3 Å². The first-order chi connectivity index (χ1) is 14.7. The Bertz CT molecular complexity index is 1170. The summed E-state index contributed by atoms with van der Waals surface area (Å²) in [4.78, 5) is 29.5. The molecule has 2 aliphatic rings. The molecule has 4 rings (SSSR count). The highest BCUT2D eigenvalue weighted by Gasteiger charge is 2.26. The summed E-state index contributed by atoms with van der Waals surface area (Å²) in [5, 5.41) is 0. The molecule has 7 heteroatoms. The molecule has 6 nitrogen and oxygen atoms in total. The van der Waals surface area contributed by atoms with Crippen molar-refractivity contribution in [2.45, 2.75) is 43.4 Å². The fourth-order valence-electron chi connectivity index (χ4n) is 4.20. The van der Waals surface area contributed by atoms with Crippen LogP contribution in [0.3, 0.4) is 0 Å². The van der Waals surface area contributed by atoms with E-state index in [9.17, 15) is 18.0 Å². The first-order valence-electron chi connectivity index (χ1n) is 10.7. The average molecular weight is 441 g/mol. The van der Waals surface area contributed by atoms with Gasteiger partial charge < -0.3 is 9.88 Å². The van der Waals surface area contributed by atoms with Gasteiger partial charge in [-0.3, -0.25) is 9.59 Å². The second kappa shape index (κ2) is 8.46. The van der Waals surface area contributed by atoms with Gasteiger partial charge >= 0.3 is 0 Å². The highest BCUT2D eigenvalue weighted by atomic mass is 32.2. The lowest BCUT2D eigenvalue weighted by Crippen LogP contribution is -2.36. The van der Waals surface area contributed by atoms with Crippen LogP contribution in [0.25, 0.3) is 5.57 Å². The number of aromatic nitrogens is 1. The maximum atomic E-state index is 12.6. The van der Waals surface area contributed by atoms with Crippen LogP contribution in [0, 0.1) is 5.92 Å². The smallest absolute Gasteiger partial charge is 0.251 e. The van der Waals surface area contributed by atoms with E-state index >= 15 is 0 Å². The van der Waals surface area contributed by atoms with Crippen molar-refractivity contribution in [1.82, 2.24) is 9.88 Å². The van der Waals surface area contributed by atoms with Gasteiger partial charge in [-0.25, -0.2) is 8.42 Å². The first-order valence-corrected chi connectivity index (χ1v) is 12.6. The minimum Gasteiger partial charge on any atom is -0.343 e. The number of likely N-dealkylation sites (tertiary alicyclic amines) is 1. The summed E-state index contributed by atoms with van der Waals surface area (Å²) in [5.41, 5.74) is 3.27. The van der Waals surface area contributed by atoms with Gasteiger partial charge in [0.15, 0.2) is 9.84 Å². The van der Waals surface area contributed by atoms with Crippen molar-refractivity contribution in [3.8, 4) is 0 Å². The van der Waals surface area contributed by atoms with Gasteiger partial charge in [0.05, 0.1) is 4.90 Å². The van der Waals surface area contributed by atoms with E-state index in [1.165, 1.54) is 6.26 Å². The van der Waals surface area contributed by atoms with Gasteiger partial charge in [-0.1, -0.05) is 24.3 Å². The summed E-state index contributed by atoms with van der Waals surface area (Å²) >= 11 is 0. The largest absolute Gasteiger partial charge is 0.343 e. The molecule has 164 valence electrons. The van der Waals surface area contributed by atoms with E-state index in [2.05, 4.69) is 11.1 Å². The third kappa shape index (κ3) is 4.98. The number of pyridine rings is 1. The number of rotatable bonds is 5. The molecule has 2 fully saturated rings. The number of H-pyrrole nitrogens is 1. The van der Waals surface area contributed by atoms with Crippen LogP contribution in [0.5, 0.6) is 0 Å². The van der Waals surface area contributed by atoms with Gasteiger partial charge in [-0.2, -0.15) is 0 Å². The van der Waals surface area contributed by atoms with E-state index in [0.717, 1.165) is 48.1 Å². The van der Waals surface area contributed by atoms with Crippen molar-refractivity contribution in [1.29, 1.82) is 0 Å². The number of hydrogen-bond donors (Lipinski definition) is 1. The third-order valence-electron chi connectivity index (χ3n) is 6.23. The molecule has 0 bridgehead atoms. The predicted octanol–water partition coefficient (Wildman–Crippen LogP) is 3.35. The van der Waals surface area contributed by atoms with Gasteiger partial charge in [-0.05, 0) is 61.3 Å². The molecule has 2 heterocycles. The molecule has 1 aliphatic carbocycles. The van der Waals surface area contributed by atoms with Crippen LogP contribution >= 0.6 is 0 Å². The second-order valence-corrected chi connectivity index (χ2v) is 10.7. The predicted molar refractivity (Wildman–Crippen MR) is 121 cm³/mol. The van der Waals surface area contributed by atoms with E-state index < -0.39 is 9.84 Å². The minimum atomic E-state index is -3.28. The zero-order valence-corrected chi connectivity index (χ0v) is 18.7. The van der Waals surface area contributed by atoms with Gasteiger partial charge in [0.2, 0.25) is 5.91 Å². The number of sulfone groups is 1. The Hall–Kier alpha value is -2.67. The summed E-state index contributed by atoms with van der Waals surface area (Å²) in [6, 6.07) is 10.7. The Morgan fingerprint density at radius 1 is 1.03 bits per heavy atom. The second-order valence-electron chi connectivity index (χ2n) is 8.65. The van der Waals surface area contributed by atoms with Gasteiger partial charge in [0.1, 0.15) is 0 Å². The maximum absolute atomic E-state index is 12.6. The van der Waals surface area contributed by atoms with Gasteiger partial charge in [0.25, 0.3) is 5.56 Å². The van der Waals surface area contributed by atoms with Gasteiger partial charge in [-0.15, -0.1) is 0 Å². The normalized spacial score (nSPS) is 18.3. The molecule has 1 aromatic carbocycles. The quantitative estimate of drug-likeness (QED) is 0.772. The lowest BCUT2D eigenvalue weighted by Gasteiger charge is -2.30. The SMILES string of the molecule is CC(=O)N1CCC(/C=C(\c2ccc(S(C)(=O)=O)cc2)c2ccc(C3CC3)c(=O)[nH]2)CC1. The number of amides is 1. The van der Waals surface area contributed by atoms with Crippen molar-refractivity contribution < 1.29 is 13.2 Å². The van der Waals surface area contributed by atoms with E-state index in [0.29, 0.717) is 19.0 Å². The van der Waals surface area contributed by atoms with Crippen LogP contribution in [0.15, 0.2) is 52.2 Å². The number of nitrogens with one attached hydrogen (secondary N) is 1. The molecule has 1 aliphatic heterocycles. The number of nitrogens with zero attached hydrogens (tertiary/aromatic N) is 1. The number of carbonyl (C=O) groups is 1. The van der Waals surface area contributed by atoms with Crippen molar-refractivity contribution >= 4 is 21.3 Å². The van der Waals surface area contributed by atoms with E-state index in [1.807, 2.05) is 17.0 Å². The molecule has 1 aromatic heterocycles. The molecule has 1 saturated heterocycles. The Balaban J connectivity index is 1.69. The number of carbonyl (C=O) groups excluding carboxylic acids is 1. The van der Waals surface area contributed by atoms with Crippen molar-refractivity contribution in [3.63, 3.8) is 0 Å². The zero-order chi connectivity index (χ0) is 22.2. The molecular weight excluding hydrogens is 412 g/mol. The van der Waals surface area contributed by atoms with E-state index in [-0.39, 0.29) is 22.3 Å². The summed E-state index contributed by atoms with van der Waals surface area (Å²) < 4.78 is 23.7. The number of benzene rings is 1. The highest BCUT2D eigenvalue weighted by Crippen LogP contribution is 2.38. The van der Waals surface area contributed by atoms with E-state index in [4.69, 9.17) is 0 Å². The van der Waals surface area contributed by atoms with Gasteiger partial charge in [0, 0.05) is 43.1 Å². The Labute approximate surface area is 182 Å². The highest BCUT2D eigenvalue weighted by molar-refractivity contribution is 7.90. The average Bonchev–Trinajstić information content (AvgIpc) is 3.57. The number of allylic oxidation sites excluding steroid dienone is 1. The number of aromatic amines is 1. The molecule has 0 spiro atoms. The molecule has 0 unspecified atom stereocenters. The molecule has 31 heavy (non-hydrogen) atoms. The van der Waals surface area contributed by atoms with E-state index in [1.54, 1.807) is 31.2 Å². The van der Waals surface area contributed by atoms with Crippen LogP contribution < -0.4 is 5.56 Å². The molecule has 1 saturated carbocycles. The fourth-order valence-corrected chi connectivity index (χ4v) is 4.83. The standard InChI is InChI=1S/C24H28N2O4S/c1-16(27)26-13-11-17(12-14-26)15-22(19-5-7-20(8-6-19)31(2,29)30)23-10-9-21(18-3-4-18)24(28)25-23/h5-10,15,17-18H,3-4,11-14H2,1-2H3,(H,25,28)/b22-15+. The fraction of sp³-hybridized carbons (Fsp3) is 0.417. The summed E-state index contributed by atoms with van der Waals surface area (Å²) in [6.45, 7) is 3.03. The summed E-state index contributed by atoms with van der Waals surface area (Å²) in [5.74, 6) is 0.737. The number of piperidine rings is 1. The van der Waals surface area contributed by atoms with Crippen LogP contribution in [0.2, 0.25) is 0 Å². The van der Waals surface area contributed by atoms with Crippen molar-refractivity contribution in [2.24, 2.45) is 5.92 Å². The Morgan fingerprint density at radius 2 is 1.68 bits per heavy atom. The van der Waals surface area contributed by atoms with Crippen LogP contribution in [0.1, 0.15) is 55.3 Å². The van der Waals surface area contributed by atoms with Crippen molar-refractivity contribution in [2.75, 3.05) is 19.3 Å². The molecule has 1 N–H and O–H groups in total. The minimum absolute atomic E-state index is 0.0509. The molecular formula is C24H28N2O4S. The first kappa shape index (κ1) is 21.6. The van der Waals surface area contributed by atoms with Crippen LogP contribution in [-0.2, 0) is 14.6 Å². The summed E-state index contributed by atoms with van der Waals surface area (Å²) in [6.07, 6.45) is 7.19. The lowest BCUT2D eigenvalue weighted by molar-refractivity contribution is -0.129. The molecule has 0 atom stereocenters. The summed E-state index contributed by atoms with van der Waals surface area (Å²) in [7, 11) is -3.28. The third-order valence-corrected chi connectivity index (χ3v) is 7.36.